The molecule has 18 heteroatoms. The lowest BCUT2D eigenvalue weighted by atomic mass is 9.84. The molecule has 2 aromatic carbocycles. The average molecular weight is 1130 g/mol. The van der Waals surface area contributed by atoms with Crippen LogP contribution in [0.25, 0.3) is 0 Å². The summed E-state index contributed by atoms with van der Waals surface area (Å²) < 4.78 is 46.5. The first-order valence-corrected chi connectivity index (χ1v) is 28.7. The van der Waals surface area contributed by atoms with Crippen LogP contribution >= 0.6 is 0 Å². The number of rotatable bonds is 29. The molecule has 5 atom stereocenters. The van der Waals surface area contributed by atoms with E-state index in [0.29, 0.717) is 65.0 Å². The highest BCUT2D eigenvalue weighted by molar-refractivity contribution is 6.02. The van der Waals surface area contributed by atoms with Crippen LogP contribution in [0.3, 0.4) is 0 Å². The highest BCUT2D eigenvalue weighted by atomic mass is 16.6. The van der Waals surface area contributed by atoms with Gasteiger partial charge in [0.2, 0.25) is 0 Å². The number of benzene rings is 2. The molecule has 2 N–H and O–H groups in total. The summed E-state index contributed by atoms with van der Waals surface area (Å²) in [6.07, 6.45) is 12.9. The predicted molar refractivity (Wildman–Crippen MR) is 303 cm³/mol. The van der Waals surface area contributed by atoms with Gasteiger partial charge in [-0.2, -0.15) is 0 Å². The number of carbonyl (C=O) groups is 6. The van der Waals surface area contributed by atoms with Crippen molar-refractivity contribution in [3.8, 4) is 23.0 Å². The maximum Gasteiger partial charge on any atom is 0.344 e. The van der Waals surface area contributed by atoms with Crippen LogP contribution in [0.1, 0.15) is 183 Å². The zero-order chi connectivity index (χ0) is 59.2. The number of hydrogen-bond acceptors (Lipinski definition) is 16. The molecule has 0 aliphatic carbocycles. The van der Waals surface area contributed by atoms with Crippen LogP contribution in [0.4, 0.5) is 0 Å². The molecular weight excluding hydrogens is 1040 g/mol. The summed E-state index contributed by atoms with van der Waals surface area (Å²) in [4.78, 5) is 84.2. The summed E-state index contributed by atoms with van der Waals surface area (Å²) in [6, 6.07) is 1.80. The number of fused-ring (bicyclic) bond motifs is 6. The van der Waals surface area contributed by atoms with Gasteiger partial charge in [0.25, 0.3) is 11.8 Å². The van der Waals surface area contributed by atoms with Gasteiger partial charge in [-0.05, 0) is 153 Å². The quantitative estimate of drug-likeness (QED) is 0.0440. The third-order valence-corrected chi connectivity index (χ3v) is 15.4. The number of carbonyl (C=O) groups excluding carboxylic acids is 6. The zero-order valence-electron chi connectivity index (χ0n) is 49.5. The maximum absolute atomic E-state index is 14.8. The van der Waals surface area contributed by atoms with Crippen molar-refractivity contribution in [1.29, 1.82) is 0 Å². The first kappa shape index (κ1) is 63.5. The van der Waals surface area contributed by atoms with Gasteiger partial charge in [-0.25, -0.2) is 19.2 Å². The number of ether oxygens (including phenoxy) is 8. The summed E-state index contributed by atoms with van der Waals surface area (Å²) in [6.45, 7) is 19.9. The van der Waals surface area contributed by atoms with E-state index in [1.807, 2.05) is 13.8 Å². The monoisotopic (exact) mass is 1130 g/mol. The van der Waals surface area contributed by atoms with Crippen molar-refractivity contribution < 1.29 is 76.9 Å². The number of nitrogens with zero attached hydrogens (tertiary/aromatic N) is 2. The summed E-state index contributed by atoms with van der Waals surface area (Å²) in [5, 5.41) is 23.4. The van der Waals surface area contributed by atoms with Crippen LogP contribution in [0.5, 0.6) is 23.0 Å². The van der Waals surface area contributed by atoms with Gasteiger partial charge in [0, 0.05) is 41.6 Å². The lowest BCUT2D eigenvalue weighted by Crippen LogP contribution is -2.49. The molecule has 18 nitrogen and oxygen atoms in total. The second-order valence-electron chi connectivity index (χ2n) is 22.4. The van der Waals surface area contributed by atoms with Crippen molar-refractivity contribution in [2.75, 3.05) is 46.2 Å². The van der Waals surface area contributed by atoms with E-state index in [0.717, 1.165) is 25.7 Å². The molecule has 444 valence electrons. The highest BCUT2D eigenvalue weighted by Crippen LogP contribution is 2.49. The Labute approximate surface area is 477 Å². The molecule has 4 heterocycles. The van der Waals surface area contributed by atoms with Gasteiger partial charge in [0.1, 0.15) is 40.2 Å². The van der Waals surface area contributed by atoms with E-state index in [-0.39, 0.29) is 88.1 Å². The minimum Gasteiger partial charge on any atom is -0.484 e. The lowest BCUT2D eigenvalue weighted by Gasteiger charge is -2.41. The molecular formula is C63H86N2O16. The van der Waals surface area contributed by atoms with Crippen molar-refractivity contribution in [2.24, 2.45) is 0 Å². The molecule has 0 saturated carbocycles. The molecule has 0 radical (unpaired) electrons. The van der Waals surface area contributed by atoms with E-state index < -0.39 is 79.1 Å². The van der Waals surface area contributed by atoms with Gasteiger partial charge in [-0.3, -0.25) is 9.59 Å². The third kappa shape index (κ3) is 16.3. The minimum atomic E-state index is -1.27. The van der Waals surface area contributed by atoms with Crippen molar-refractivity contribution in [2.45, 2.75) is 196 Å². The van der Waals surface area contributed by atoms with Gasteiger partial charge < -0.3 is 57.9 Å². The number of esters is 4. The highest BCUT2D eigenvalue weighted by Gasteiger charge is 2.48. The largest absolute Gasteiger partial charge is 0.484 e. The topological polar surface area (TPSA) is 223 Å². The van der Waals surface area contributed by atoms with Gasteiger partial charge >= 0.3 is 23.9 Å². The van der Waals surface area contributed by atoms with Crippen LogP contribution in [-0.2, 0) is 64.1 Å². The summed E-state index contributed by atoms with van der Waals surface area (Å²) >= 11 is 0. The number of amides is 2. The van der Waals surface area contributed by atoms with Crippen molar-refractivity contribution >= 4 is 35.7 Å². The Morgan fingerprint density at radius 3 is 1.52 bits per heavy atom. The number of aliphatic hydroxyl groups excluding tert-OH is 2. The van der Waals surface area contributed by atoms with Gasteiger partial charge in [0.15, 0.2) is 19.8 Å². The van der Waals surface area contributed by atoms with Crippen molar-refractivity contribution in [1.82, 2.24) is 9.80 Å². The summed E-state index contributed by atoms with van der Waals surface area (Å²) in [5.74, 6) is -2.74. The Bertz CT molecular complexity index is 2770. The second kappa shape index (κ2) is 28.8. The Morgan fingerprint density at radius 1 is 0.617 bits per heavy atom. The Balaban J connectivity index is 1.27. The molecule has 0 saturated heterocycles. The lowest BCUT2D eigenvalue weighted by molar-refractivity contribution is -0.161. The summed E-state index contributed by atoms with van der Waals surface area (Å²) in [7, 11) is 0. The molecule has 81 heavy (non-hydrogen) atoms. The minimum absolute atomic E-state index is 0.0133. The molecule has 4 aliphatic heterocycles. The van der Waals surface area contributed by atoms with E-state index in [2.05, 4.69) is 65.8 Å². The van der Waals surface area contributed by atoms with Crippen LogP contribution in [0, 0.1) is 0 Å². The molecule has 0 bridgehead atoms. The standard InChI is InChI=1S/C63H86N2O16/c1-12-74-54(68)36-77-50-30-43-47(57-45(50)32-52(66)62(10,80-57)27-17-24-41(8)22-15-20-39(4)5)34-64(59(43)71)29-19-26-49(61(73)79-38-56(70)76-14-3)65-35-48-44(60(65)72)31-51(78-37-55(69)75-13-2)46-33-53(67)63(11,81-58(46)48)28-18-25-42(9)23-16-21-40(6)7/h20-21,24-25,30-31,49,52-53,66-67H,12-19,22-23,26-29,32-38H2,1-11H3/b41-24+,42-25+/t49-,52-,53-,62+,63+/m0/s1. The van der Waals surface area contributed by atoms with Gasteiger partial charge in [-0.1, -0.05) is 46.6 Å². The maximum atomic E-state index is 14.8. The normalized spacial score (nSPS) is 20.4. The molecule has 4 aliphatic rings. The fourth-order valence-electron chi connectivity index (χ4n) is 10.7. The van der Waals surface area contributed by atoms with Crippen LogP contribution in [0.2, 0.25) is 0 Å². The van der Waals surface area contributed by atoms with Crippen molar-refractivity contribution in [3.63, 3.8) is 0 Å². The molecule has 6 rings (SSSR count). The molecule has 0 aromatic heterocycles. The van der Waals surface area contributed by atoms with Crippen LogP contribution in [-0.4, -0.2) is 131 Å². The SMILES string of the molecule is CCOC(=O)COC(=O)[C@H](CCCN1Cc2c(cc(OCC(=O)OCC)c3c2O[C@](C)(CC/C=C(\C)CCC=C(C)C)[C@@H](O)C3)C1=O)N1Cc2c(cc(OCC(=O)OCC)c3c2O[C@](C)(CC/C=C(\C)CCC=C(C)C)[C@@H](O)C3)C1=O. The van der Waals surface area contributed by atoms with E-state index in [1.165, 1.54) is 33.3 Å². The molecule has 0 unspecified atom stereocenters. The Hall–Kier alpha value is -6.66. The number of allylic oxidation sites excluding steroid dienone is 8. The van der Waals surface area contributed by atoms with Gasteiger partial charge in [-0.15, -0.1) is 0 Å². The van der Waals surface area contributed by atoms with Crippen molar-refractivity contribution in [3.05, 3.63) is 92.1 Å². The molecule has 2 amide bonds. The van der Waals surface area contributed by atoms with E-state index in [9.17, 15) is 39.0 Å². The van der Waals surface area contributed by atoms with E-state index in [1.54, 1.807) is 31.7 Å². The summed E-state index contributed by atoms with van der Waals surface area (Å²) in [5.41, 5.74) is 5.27. The fourth-order valence-corrected chi connectivity index (χ4v) is 10.7. The average Bonchev–Trinajstić information content (AvgIpc) is 4.07. The number of hydrogen-bond donors (Lipinski definition) is 2. The second-order valence-corrected chi connectivity index (χ2v) is 22.4. The van der Waals surface area contributed by atoms with Gasteiger partial charge in [0.05, 0.1) is 56.2 Å². The number of aliphatic hydroxyl groups is 2. The predicted octanol–water partition coefficient (Wildman–Crippen LogP) is 9.49. The van der Waals surface area contributed by atoms with E-state index >= 15 is 0 Å². The molecule has 2 aromatic rings. The van der Waals surface area contributed by atoms with Crippen LogP contribution < -0.4 is 18.9 Å². The fraction of sp³-hybridized carbons (Fsp3) is 0.587. The smallest absolute Gasteiger partial charge is 0.344 e. The third-order valence-electron chi connectivity index (χ3n) is 15.4. The van der Waals surface area contributed by atoms with Crippen LogP contribution in [0.15, 0.2) is 58.7 Å². The Morgan fingerprint density at radius 2 is 1.06 bits per heavy atom. The zero-order valence-corrected chi connectivity index (χ0v) is 49.5. The first-order chi connectivity index (χ1) is 38.5. The first-order valence-electron chi connectivity index (χ1n) is 28.7. The molecule has 0 spiro atoms. The molecule has 0 fully saturated rings. The van der Waals surface area contributed by atoms with E-state index in [4.69, 9.17) is 37.9 Å². The Kier molecular flexibility index (Phi) is 22.6.